The van der Waals surface area contributed by atoms with Crippen molar-refractivity contribution in [3.63, 3.8) is 0 Å². The van der Waals surface area contributed by atoms with Crippen LogP contribution in [0.4, 0.5) is 5.82 Å². The Morgan fingerprint density at radius 3 is 2.83 bits per heavy atom. The van der Waals surface area contributed by atoms with Gasteiger partial charge in [-0.25, -0.2) is 4.98 Å². The number of nitrogens with two attached hydrogens (primary N) is 1. The van der Waals surface area contributed by atoms with E-state index < -0.39 is 0 Å². The fourth-order valence-corrected chi connectivity index (χ4v) is 2.52. The molecule has 0 spiro atoms. The van der Waals surface area contributed by atoms with Crippen molar-refractivity contribution in [2.24, 2.45) is 5.92 Å². The van der Waals surface area contributed by atoms with Crippen LogP contribution in [-0.2, 0) is 0 Å². The predicted molar refractivity (Wildman–Crippen MR) is 72.6 cm³/mol. The third-order valence-corrected chi connectivity index (χ3v) is 3.89. The Balaban J connectivity index is 2.10. The summed E-state index contributed by atoms with van der Waals surface area (Å²) in [6, 6.07) is 1.55. The zero-order valence-corrected chi connectivity index (χ0v) is 11.3. The Morgan fingerprint density at radius 1 is 1.56 bits per heavy atom. The highest BCUT2D eigenvalue weighted by Gasteiger charge is 2.24. The molecule has 1 aromatic rings. The van der Waals surface area contributed by atoms with Gasteiger partial charge in [-0.2, -0.15) is 0 Å². The average molecular weight is 268 g/mol. The topological polar surface area (TPSA) is 59.2 Å². The summed E-state index contributed by atoms with van der Waals surface area (Å²) >= 11 is 6.00. The second-order valence-corrected chi connectivity index (χ2v) is 5.14. The number of piperidine rings is 1. The maximum absolute atomic E-state index is 12.3. The zero-order valence-electron chi connectivity index (χ0n) is 10.5. The lowest BCUT2D eigenvalue weighted by Crippen LogP contribution is -2.38. The Morgan fingerprint density at radius 2 is 2.22 bits per heavy atom. The molecule has 1 aromatic heterocycles. The van der Waals surface area contributed by atoms with Crippen molar-refractivity contribution in [3.05, 3.63) is 22.8 Å². The molecule has 0 radical (unpaired) electrons. The van der Waals surface area contributed by atoms with Crippen molar-refractivity contribution in [2.75, 3.05) is 18.8 Å². The second-order valence-electron chi connectivity index (χ2n) is 4.73. The third kappa shape index (κ3) is 2.75. The molecule has 0 aliphatic carbocycles. The van der Waals surface area contributed by atoms with Gasteiger partial charge in [0.2, 0.25) is 0 Å². The van der Waals surface area contributed by atoms with E-state index in [0.717, 1.165) is 31.8 Å². The smallest absolute Gasteiger partial charge is 0.255 e. The van der Waals surface area contributed by atoms with Gasteiger partial charge in [0.15, 0.2) is 0 Å². The number of carbonyl (C=O) groups is 1. The first-order valence-corrected chi connectivity index (χ1v) is 6.70. The van der Waals surface area contributed by atoms with Crippen LogP contribution in [0.15, 0.2) is 12.3 Å². The predicted octanol–water partition coefficient (Wildman–Crippen LogP) is 2.58. The van der Waals surface area contributed by atoms with Crippen molar-refractivity contribution in [2.45, 2.75) is 26.2 Å². The quantitative estimate of drug-likeness (QED) is 0.896. The highest BCUT2D eigenvalue weighted by molar-refractivity contribution is 6.33. The molecule has 1 fully saturated rings. The van der Waals surface area contributed by atoms with Gasteiger partial charge in [0.1, 0.15) is 5.82 Å². The normalized spacial score (nSPS) is 16.9. The summed E-state index contributed by atoms with van der Waals surface area (Å²) in [4.78, 5) is 18.0. The molecule has 2 N–H and O–H groups in total. The van der Waals surface area contributed by atoms with Gasteiger partial charge in [0, 0.05) is 19.3 Å². The van der Waals surface area contributed by atoms with E-state index in [0.29, 0.717) is 16.4 Å². The standard InChI is InChI=1S/C13H18ClN3O/c1-2-9-3-5-17(6-4-9)13(18)10-7-12(15)16-8-11(10)14/h7-9H,2-6H2,1H3,(H2,15,16). The van der Waals surface area contributed by atoms with Crippen LogP contribution in [0.2, 0.25) is 5.02 Å². The van der Waals surface area contributed by atoms with Crippen LogP contribution in [0.5, 0.6) is 0 Å². The number of nitrogens with zero attached hydrogens (tertiary/aromatic N) is 2. The lowest BCUT2D eigenvalue weighted by atomic mass is 9.94. The summed E-state index contributed by atoms with van der Waals surface area (Å²) in [5.41, 5.74) is 6.06. The molecule has 4 nitrogen and oxygen atoms in total. The number of amides is 1. The minimum atomic E-state index is -0.0383. The Kier molecular flexibility index (Phi) is 4.07. The fraction of sp³-hybridized carbons (Fsp3) is 0.538. The number of hydrogen-bond donors (Lipinski definition) is 1. The molecule has 1 aliphatic rings. The number of halogens is 1. The maximum atomic E-state index is 12.3. The van der Waals surface area contributed by atoms with Crippen molar-refractivity contribution in [1.29, 1.82) is 0 Å². The van der Waals surface area contributed by atoms with Gasteiger partial charge < -0.3 is 10.6 Å². The molecule has 5 heteroatoms. The van der Waals surface area contributed by atoms with Crippen molar-refractivity contribution in [1.82, 2.24) is 9.88 Å². The first-order valence-electron chi connectivity index (χ1n) is 6.32. The van der Waals surface area contributed by atoms with Gasteiger partial charge in [-0.3, -0.25) is 4.79 Å². The molecule has 18 heavy (non-hydrogen) atoms. The number of aromatic nitrogens is 1. The van der Waals surface area contributed by atoms with Crippen molar-refractivity contribution >= 4 is 23.3 Å². The third-order valence-electron chi connectivity index (χ3n) is 3.59. The number of anilines is 1. The number of rotatable bonds is 2. The van der Waals surface area contributed by atoms with Crippen molar-refractivity contribution in [3.8, 4) is 0 Å². The largest absolute Gasteiger partial charge is 0.384 e. The van der Waals surface area contributed by atoms with Crippen LogP contribution < -0.4 is 5.73 Å². The van der Waals surface area contributed by atoms with E-state index in [1.807, 2.05) is 4.90 Å². The van der Waals surface area contributed by atoms with Gasteiger partial charge in [0.05, 0.1) is 10.6 Å². The number of nitrogen functional groups attached to an aromatic ring is 1. The molecule has 1 saturated heterocycles. The number of likely N-dealkylation sites (tertiary alicyclic amines) is 1. The number of carbonyl (C=O) groups excluding carboxylic acids is 1. The highest BCUT2D eigenvalue weighted by Crippen LogP contribution is 2.24. The van der Waals surface area contributed by atoms with E-state index in [-0.39, 0.29) is 5.91 Å². The summed E-state index contributed by atoms with van der Waals surface area (Å²) in [6.07, 6.45) is 4.76. The minimum Gasteiger partial charge on any atom is -0.384 e. The maximum Gasteiger partial charge on any atom is 0.255 e. The van der Waals surface area contributed by atoms with E-state index in [1.54, 1.807) is 6.07 Å². The van der Waals surface area contributed by atoms with Crippen LogP contribution in [0, 0.1) is 5.92 Å². The van der Waals surface area contributed by atoms with Gasteiger partial charge in [-0.05, 0) is 24.8 Å². The first-order chi connectivity index (χ1) is 8.61. The van der Waals surface area contributed by atoms with E-state index in [1.165, 1.54) is 12.6 Å². The molecular formula is C13H18ClN3O. The average Bonchev–Trinajstić information content (AvgIpc) is 2.41. The molecule has 1 amide bonds. The molecule has 2 rings (SSSR count). The molecule has 0 aromatic carbocycles. The lowest BCUT2D eigenvalue weighted by Gasteiger charge is -2.31. The molecule has 0 bridgehead atoms. The van der Waals surface area contributed by atoms with E-state index in [9.17, 15) is 4.79 Å². The van der Waals surface area contributed by atoms with Crippen LogP contribution in [0.1, 0.15) is 36.5 Å². The lowest BCUT2D eigenvalue weighted by molar-refractivity contribution is 0.0689. The summed E-state index contributed by atoms with van der Waals surface area (Å²) in [5, 5.41) is 0.367. The highest BCUT2D eigenvalue weighted by atomic mass is 35.5. The summed E-state index contributed by atoms with van der Waals surface area (Å²) < 4.78 is 0. The Bertz CT molecular complexity index is 442. The second kappa shape index (κ2) is 5.57. The van der Waals surface area contributed by atoms with Gasteiger partial charge in [-0.1, -0.05) is 24.9 Å². The zero-order chi connectivity index (χ0) is 13.1. The molecule has 0 atom stereocenters. The summed E-state index contributed by atoms with van der Waals surface area (Å²) in [5.74, 6) is 1.03. The molecule has 1 aliphatic heterocycles. The number of hydrogen-bond acceptors (Lipinski definition) is 3. The van der Waals surface area contributed by atoms with Crippen LogP contribution in [0.25, 0.3) is 0 Å². The summed E-state index contributed by atoms with van der Waals surface area (Å²) in [6.45, 7) is 3.80. The van der Waals surface area contributed by atoms with Gasteiger partial charge in [0.25, 0.3) is 5.91 Å². The SMILES string of the molecule is CCC1CCN(C(=O)c2cc(N)ncc2Cl)CC1. The minimum absolute atomic E-state index is 0.0383. The van der Waals surface area contributed by atoms with E-state index in [2.05, 4.69) is 11.9 Å². The fourth-order valence-electron chi connectivity index (χ4n) is 2.33. The molecule has 0 unspecified atom stereocenters. The number of pyridine rings is 1. The van der Waals surface area contributed by atoms with Crippen LogP contribution in [0.3, 0.4) is 0 Å². The van der Waals surface area contributed by atoms with Crippen LogP contribution >= 0.6 is 11.6 Å². The van der Waals surface area contributed by atoms with Gasteiger partial charge in [-0.15, -0.1) is 0 Å². The molecule has 98 valence electrons. The Labute approximate surface area is 112 Å². The molecule has 0 saturated carbocycles. The Hall–Kier alpha value is -1.29. The monoisotopic (exact) mass is 267 g/mol. The van der Waals surface area contributed by atoms with Gasteiger partial charge >= 0.3 is 0 Å². The van der Waals surface area contributed by atoms with Crippen LogP contribution in [-0.4, -0.2) is 28.9 Å². The van der Waals surface area contributed by atoms with E-state index in [4.69, 9.17) is 17.3 Å². The summed E-state index contributed by atoms with van der Waals surface area (Å²) in [7, 11) is 0. The van der Waals surface area contributed by atoms with E-state index >= 15 is 0 Å². The van der Waals surface area contributed by atoms with Crippen molar-refractivity contribution < 1.29 is 4.79 Å². The first kappa shape index (κ1) is 13.1. The molecule has 2 heterocycles. The molecular weight excluding hydrogens is 250 g/mol.